The highest BCUT2D eigenvalue weighted by Crippen LogP contribution is 2.02. The van der Waals surface area contributed by atoms with Crippen molar-refractivity contribution in [3.8, 4) is 0 Å². The van der Waals surface area contributed by atoms with Crippen molar-refractivity contribution in [3.05, 3.63) is 66.0 Å². The average Bonchev–Trinajstić information content (AvgIpc) is 2.33. The number of pyridine rings is 1. The normalized spacial score (nSPS) is 10.3. The van der Waals surface area contributed by atoms with E-state index in [2.05, 4.69) is 66.3 Å². The Morgan fingerprint density at radius 1 is 0.938 bits per heavy atom. The summed E-state index contributed by atoms with van der Waals surface area (Å²) >= 11 is 0. The van der Waals surface area contributed by atoms with Crippen LogP contribution in [-0.4, -0.2) is 0 Å². The number of aryl methyl sites for hydroxylation is 3. The van der Waals surface area contributed by atoms with Gasteiger partial charge in [0.15, 0.2) is 12.4 Å². The summed E-state index contributed by atoms with van der Waals surface area (Å²) in [6, 6.07) is 15.0. The van der Waals surface area contributed by atoms with Crippen molar-refractivity contribution in [2.75, 3.05) is 0 Å². The van der Waals surface area contributed by atoms with Crippen LogP contribution in [0.3, 0.4) is 0 Å². The van der Waals surface area contributed by atoms with Gasteiger partial charge in [0.1, 0.15) is 6.54 Å². The van der Waals surface area contributed by atoms with Crippen LogP contribution in [-0.2, 0) is 13.0 Å². The van der Waals surface area contributed by atoms with Gasteiger partial charge < -0.3 is 0 Å². The molecule has 0 unspecified atom stereocenters. The van der Waals surface area contributed by atoms with Gasteiger partial charge in [-0.3, -0.25) is 0 Å². The number of hydrogen-bond donors (Lipinski definition) is 0. The maximum atomic E-state index is 2.25. The molecule has 0 radical (unpaired) electrons. The molecule has 0 spiro atoms. The Kier molecular flexibility index (Phi) is 3.71. The van der Waals surface area contributed by atoms with Crippen LogP contribution in [0.2, 0.25) is 0 Å². The van der Waals surface area contributed by atoms with E-state index in [1.54, 1.807) is 0 Å². The predicted octanol–water partition coefficient (Wildman–Crippen LogP) is 2.92. The van der Waals surface area contributed by atoms with Crippen molar-refractivity contribution >= 4 is 0 Å². The maximum Gasteiger partial charge on any atom is 0.169 e. The predicted molar refractivity (Wildman–Crippen MR) is 66.1 cm³/mol. The molecule has 16 heavy (non-hydrogen) atoms. The first-order chi connectivity index (χ1) is 7.84. The highest BCUT2D eigenvalue weighted by Gasteiger charge is 1.99. The van der Waals surface area contributed by atoms with Crippen LogP contribution in [0.4, 0.5) is 0 Å². The molecule has 0 fully saturated rings. The third-order valence-corrected chi connectivity index (χ3v) is 2.78. The van der Waals surface area contributed by atoms with Gasteiger partial charge in [0.2, 0.25) is 0 Å². The monoisotopic (exact) mass is 212 g/mol. The Balaban J connectivity index is 1.82. The van der Waals surface area contributed by atoms with Crippen LogP contribution in [0.1, 0.15) is 17.5 Å². The van der Waals surface area contributed by atoms with Gasteiger partial charge in [-0.1, -0.05) is 30.3 Å². The van der Waals surface area contributed by atoms with Crippen molar-refractivity contribution in [1.82, 2.24) is 0 Å². The quantitative estimate of drug-likeness (QED) is 0.686. The fraction of sp³-hybridized carbons (Fsp3) is 0.267. The molecule has 1 heteroatoms. The topological polar surface area (TPSA) is 3.88 Å². The highest BCUT2D eigenvalue weighted by atomic mass is 14.9. The summed E-state index contributed by atoms with van der Waals surface area (Å²) in [5, 5.41) is 0. The summed E-state index contributed by atoms with van der Waals surface area (Å²) in [6.45, 7) is 3.21. The lowest BCUT2D eigenvalue weighted by Gasteiger charge is -1.99. The molecule has 1 aromatic heterocycles. The molecule has 0 aliphatic carbocycles. The van der Waals surface area contributed by atoms with E-state index in [4.69, 9.17) is 0 Å². The Labute approximate surface area is 97.4 Å². The summed E-state index contributed by atoms with van der Waals surface area (Å²) in [5.74, 6) is 0. The maximum absolute atomic E-state index is 2.25. The van der Waals surface area contributed by atoms with Crippen LogP contribution < -0.4 is 4.57 Å². The van der Waals surface area contributed by atoms with E-state index in [0.717, 1.165) is 13.0 Å². The lowest BCUT2D eigenvalue weighted by atomic mass is 10.1. The van der Waals surface area contributed by atoms with Crippen molar-refractivity contribution in [3.63, 3.8) is 0 Å². The third kappa shape index (κ3) is 3.20. The Hall–Kier alpha value is -1.63. The second-order valence-electron chi connectivity index (χ2n) is 4.20. The minimum atomic E-state index is 1.09. The smallest absolute Gasteiger partial charge is 0.169 e. The van der Waals surface area contributed by atoms with E-state index >= 15 is 0 Å². The fourth-order valence-corrected chi connectivity index (χ4v) is 1.79. The summed E-state index contributed by atoms with van der Waals surface area (Å²) in [7, 11) is 0. The van der Waals surface area contributed by atoms with E-state index in [1.165, 1.54) is 17.5 Å². The van der Waals surface area contributed by atoms with Crippen LogP contribution in [0.25, 0.3) is 0 Å². The standard InChI is InChI=1S/C15H18N/c1-14-9-12-16(13-10-14)11-5-8-15-6-3-2-4-7-15/h2-4,6-7,9-10,12-13H,5,8,11H2,1H3/q+1. The number of nitrogens with zero attached hydrogens (tertiary/aromatic N) is 1. The minimum absolute atomic E-state index is 1.09. The Morgan fingerprint density at radius 3 is 2.31 bits per heavy atom. The molecule has 2 aromatic rings. The van der Waals surface area contributed by atoms with Crippen molar-refractivity contribution in [1.29, 1.82) is 0 Å². The number of benzene rings is 1. The molecule has 0 atom stereocenters. The van der Waals surface area contributed by atoms with E-state index in [9.17, 15) is 0 Å². The highest BCUT2D eigenvalue weighted by molar-refractivity contribution is 5.14. The summed E-state index contributed by atoms with van der Waals surface area (Å²) in [5.41, 5.74) is 2.74. The zero-order chi connectivity index (χ0) is 11.2. The number of aromatic nitrogens is 1. The molecule has 0 aliphatic rings. The van der Waals surface area contributed by atoms with E-state index in [-0.39, 0.29) is 0 Å². The molecule has 0 N–H and O–H groups in total. The minimum Gasteiger partial charge on any atom is -0.205 e. The van der Waals surface area contributed by atoms with Crippen molar-refractivity contribution < 1.29 is 4.57 Å². The molecule has 1 nitrogen and oxygen atoms in total. The summed E-state index contributed by atoms with van der Waals surface area (Å²) < 4.78 is 2.25. The lowest BCUT2D eigenvalue weighted by molar-refractivity contribution is -0.697. The van der Waals surface area contributed by atoms with Gasteiger partial charge in [-0.25, -0.2) is 4.57 Å². The molecule has 0 saturated heterocycles. The van der Waals surface area contributed by atoms with E-state index < -0.39 is 0 Å². The van der Waals surface area contributed by atoms with Gasteiger partial charge in [-0.2, -0.15) is 0 Å². The largest absolute Gasteiger partial charge is 0.205 e. The second-order valence-corrected chi connectivity index (χ2v) is 4.20. The summed E-state index contributed by atoms with van der Waals surface area (Å²) in [6.07, 6.45) is 6.65. The first-order valence-electron chi connectivity index (χ1n) is 5.84. The zero-order valence-electron chi connectivity index (χ0n) is 9.76. The average molecular weight is 212 g/mol. The van der Waals surface area contributed by atoms with Gasteiger partial charge in [0.05, 0.1) is 0 Å². The molecule has 0 bridgehead atoms. The van der Waals surface area contributed by atoms with Crippen LogP contribution in [0, 0.1) is 6.92 Å². The number of rotatable bonds is 4. The van der Waals surface area contributed by atoms with Gasteiger partial charge >= 0.3 is 0 Å². The molecule has 0 saturated carbocycles. The van der Waals surface area contributed by atoms with Crippen molar-refractivity contribution in [2.45, 2.75) is 26.3 Å². The van der Waals surface area contributed by atoms with Gasteiger partial charge in [-0.15, -0.1) is 0 Å². The molecule has 2 rings (SSSR count). The van der Waals surface area contributed by atoms with Gasteiger partial charge in [-0.05, 0) is 24.5 Å². The fourth-order valence-electron chi connectivity index (χ4n) is 1.79. The zero-order valence-corrected chi connectivity index (χ0v) is 9.76. The molecular formula is C15H18N+. The van der Waals surface area contributed by atoms with Crippen LogP contribution in [0.15, 0.2) is 54.9 Å². The lowest BCUT2D eigenvalue weighted by Crippen LogP contribution is -2.32. The molecule has 0 amide bonds. The van der Waals surface area contributed by atoms with Gasteiger partial charge in [0, 0.05) is 18.6 Å². The third-order valence-electron chi connectivity index (χ3n) is 2.78. The van der Waals surface area contributed by atoms with Crippen molar-refractivity contribution in [2.24, 2.45) is 0 Å². The molecule has 1 aromatic carbocycles. The van der Waals surface area contributed by atoms with Gasteiger partial charge in [0.25, 0.3) is 0 Å². The Bertz CT molecular complexity index is 417. The van der Waals surface area contributed by atoms with Crippen LogP contribution >= 0.6 is 0 Å². The first-order valence-corrected chi connectivity index (χ1v) is 5.84. The Morgan fingerprint density at radius 2 is 1.62 bits per heavy atom. The van der Waals surface area contributed by atoms with E-state index in [0.29, 0.717) is 0 Å². The second kappa shape index (κ2) is 5.45. The first kappa shape index (κ1) is 10.9. The summed E-state index contributed by atoms with van der Waals surface area (Å²) in [4.78, 5) is 0. The molecule has 1 heterocycles. The van der Waals surface area contributed by atoms with E-state index in [1.807, 2.05) is 0 Å². The molecule has 0 aliphatic heterocycles. The SMILES string of the molecule is Cc1cc[n+](CCCc2ccccc2)cc1. The number of hydrogen-bond acceptors (Lipinski definition) is 0. The molecule has 82 valence electrons. The molecular weight excluding hydrogens is 194 g/mol. The van der Waals surface area contributed by atoms with Crippen LogP contribution in [0.5, 0.6) is 0 Å².